The molecule has 142 valence electrons. The topological polar surface area (TPSA) is 39.9 Å². The van der Waals surface area contributed by atoms with Crippen LogP contribution in [-0.2, 0) is 12.3 Å². The molecule has 0 aliphatic carbocycles. The van der Waals surface area contributed by atoms with E-state index in [1.54, 1.807) is 11.8 Å². The van der Waals surface area contributed by atoms with Crippen LogP contribution >= 0.6 is 23.4 Å². The Hall–Kier alpha value is -1.98. The summed E-state index contributed by atoms with van der Waals surface area (Å²) in [7, 11) is 0. The normalized spacial score (nSPS) is 12.2. The standard InChI is InChI=1S/C21H24ClN3OS/c1-5-25-20(16(4)26-19-12-14(2)10-11-18(19)22)23-24-21(25)27-13-17-9-7-6-8-15(17)3/h6-12,16H,5,13H2,1-4H3. The third kappa shape index (κ3) is 4.66. The highest BCUT2D eigenvalue weighted by molar-refractivity contribution is 7.98. The fraction of sp³-hybridized carbons (Fsp3) is 0.333. The molecule has 1 aromatic heterocycles. The van der Waals surface area contributed by atoms with Crippen molar-refractivity contribution in [3.63, 3.8) is 0 Å². The molecule has 3 rings (SSSR count). The minimum absolute atomic E-state index is 0.246. The molecule has 3 aromatic rings. The molecule has 27 heavy (non-hydrogen) atoms. The molecule has 4 nitrogen and oxygen atoms in total. The predicted molar refractivity (Wildman–Crippen MR) is 112 cm³/mol. The summed E-state index contributed by atoms with van der Waals surface area (Å²) in [5.74, 6) is 2.34. The molecule has 6 heteroatoms. The Morgan fingerprint density at radius 1 is 1.15 bits per heavy atom. The van der Waals surface area contributed by atoms with E-state index >= 15 is 0 Å². The van der Waals surface area contributed by atoms with E-state index < -0.39 is 0 Å². The Morgan fingerprint density at radius 3 is 2.67 bits per heavy atom. The minimum Gasteiger partial charge on any atom is -0.481 e. The molecule has 0 saturated carbocycles. The molecule has 1 atom stereocenters. The first kappa shape index (κ1) is 19.8. The number of hydrogen-bond donors (Lipinski definition) is 0. The number of benzene rings is 2. The molecule has 0 saturated heterocycles. The van der Waals surface area contributed by atoms with Gasteiger partial charge in [-0.1, -0.05) is 53.7 Å². The van der Waals surface area contributed by atoms with Gasteiger partial charge in [0.15, 0.2) is 17.1 Å². The lowest BCUT2D eigenvalue weighted by molar-refractivity contribution is 0.210. The molecule has 0 radical (unpaired) electrons. The molecular weight excluding hydrogens is 378 g/mol. The molecular formula is C21H24ClN3OS. The Kier molecular flexibility index (Phi) is 6.45. The summed E-state index contributed by atoms with van der Waals surface area (Å²) in [5, 5.41) is 10.3. The number of thioether (sulfide) groups is 1. The quantitative estimate of drug-likeness (QED) is 0.455. The number of nitrogens with zero attached hydrogens (tertiary/aromatic N) is 3. The minimum atomic E-state index is -0.246. The Bertz CT molecular complexity index is 926. The van der Waals surface area contributed by atoms with Crippen molar-refractivity contribution in [2.24, 2.45) is 0 Å². The van der Waals surface area contributed by atoms with Crippen LogP contribution in [0.25, 0.3) is 0 Å². The Balaban J connectivity index is 1.76. The summed E-state index contributed by atoms with van der Waals surface area (Å²) in [6, 6.07) is 14.2. The average molecular weight is 402 g/mol. The molecule has 0 fully saturated rings. The van der Waals surface area contributed by atoms with Crippen LogP contribution in [0.1, 0.15) is 42.5 Å². The summed E-state index contributed by atoms with van der Waals surface area (Å²) in [6.45, 7) is 9.01. The zero-order valence-corrected chi connectivity index (χ0v) is 17.6. The van der Waals surface area contributed by atoms with Gasteiger partial charge in [-0.2, -0.15) is 0 Å². The van der Waals surface area contributed by atoms with Gasteiger partial charge in [-0.05, 0) is 56.5 Å². The lowest BCUT2D eigenvalue weighted by atomic mass is 10.1. The second-order valence-corrected chi connectivity index (χ2v) is 7.84. The number of rotatable bonds is 7. The Morgan fingerprint density at radius 2 is 1.93 bits per heavy atom. The summed E-state index contributed by atoms with van der Waals surface area (Å²) >= 11 is 7.96. The van der Waals surface area contributed by atoms with Crippen LogP contribution in [0.2, 0.25) is 5.02 Å². The number of aromatic nitrogens is 3. The zero-order chi connectivity index (χ0) is 19.4. The third-order valence-electron chi connectivity index (χ3n) is 4.43. The first-order valence-electron chi connectivity index (χ1n) is 9.02. The first-order chi connectivity index (χ1) is 13.0. The lowest BCUT2D eigenvalue weighted by Gasteiger charge is -2.17. The van der Waals surface area contributed by atoms with Crippen LogP contribution in [0.4, 0.5) is 0 Å². The van der Waals surface area contributed by atoms with E-state index in [1.165, 1.54) is 11.1 Å². The maximum Gasteiger partial charge on any atom is 0.191 e. The second kappa shape index (κ2) is 8.81. The van der Waals surface area contributed by atoms with E-state index in [9.17, 15) is 0 Å². The monoisotopic (exact) mass is 401 g/mol. The fourth-order valence-electron chi connectivity index (χ4n) is 2.86. The maximum absolute atomic E-state index is 6.27. The van der Waals surface area contributed by atoms with Crippen molar-refractivity contribution >= 4 is 23.4 Å². The molecule has 0 spiro atoms. The van der Waals surface area contributed by atoms with Crippen LogP contribution in [0.5, 0.6) is 5.75 Å². The van der Waals surface area contributed by atoms with Crippen molar-refractivity contribution in [3.8, 4) is 5.75 Å². The van der Waals surface area contributed by atoms with Crippen molar-refractivity contribution < 1.29 is 4.74 Å². The van der Waals surface area contributed by atoms with Crippen molar-refractivity contribution in [3.05, 3.63) is 70.0 Å². The van der Waals surface area contributed by atoms with Gasteiger partial charge in [-0.25, -0.2) is 0 Å². The smallest absolute Gasteiger partial charge is 0.191 e. The largest absolute Gasteiger partial charge is 0.481 e. The van der Waals surface area contributed by atoms with Crippen LogP contribution < -0.4 is 4.74 Å². The van der Waals surface area contributed by atoms with Crippen molar-refractivity contribution in [2.75, 3.05) is 0 Å². The highest BCUT2D eigenvalue weighted by atomic mass is 35.5. The first-order valence-corrected chi connectivity index (χ1v) is 10.4. The molecule has 2 aromatic carbocycles. The number of hydrogen-bond acceptors (Lipinski definition) is 4. The average Bonchev–Trinajstić information content (AvgIpc) is 3.07. The highest BCUT2D eigenvalue weighted by Crippen LogP contribution is 2.31. The van der Waals surface area contributed by atoms with Crippen molar-refractivity contribution in [1.82, 2.24) is 14.8 Å². The van der Waals surface area contributed by atoms with Gasteiger partial charge in [0.25, 0.3) is 0 Å². The van der Waals surface area contributed by atoms with Crippen LogP contribution in [0.3, 0.4) is 0 Å². The van der Waals surface area contributed by atoms with E-state index in [0.29, 0.717) is 10.8 Å². The van der Waals surface area contributed by atoms with E-state index in [2.05, 4.69) is 52.9 Å². The van der Waals surface area contributed by atoms with Crippen LogP contribution in [0.15, 0.2) is 47.6 Å². The predicted octanol–water partition coefficient (Wildman–Crippen LogP) is 6.00. The van der Waals surface area contributed by atoms with Gasteiger partial charge < -0.3 is 9.30 Å². The van der Waals surface area contributed by atoms with Crippen molar-refractivity contribution in [1.29, 1.82) is 0 Å². The Labute approximate surface area is 169 Å². The molecule has 0 N–H and O–H groups in total. The zero-order valence-electron chi connectivity index (χ0n) is 16.1. The molecule has 0 amide bonds. The van der Waals surface area contributed by atoms with E-state index in [4.69, 9.17) is 16.3 Å². The van der Waals surface area contributed by atoms with Gasteiger partial charge in [0.05, 0.1) is 5.02 Å². The fourth-order valence-corrected chi connectivity index (χ4v) is 4.11. The maximum atomic E-state index is 6.27. The SMILES string of the molecule is CCn1c(SCc2ccccc2C)nnc1C(C)Oc1cc(C)ccc1Cl. The second-order valence-electron chi connectivity index (χ2n) is 6.49. The van der Waals surface area contributed by atoms with Crippen LogP contribution in [0, 0.1) is 13.8 Å². The molecule has 0 bridgehead atoms. The number of ether oxygens (including phenoxy) is 1. The van der Waals surface area contributed by atoms with Gasteiger partial charge in [0, 0.05) is 12.3 Å². The molecule has 0 aliphatic heterocycles. The summed E-state index contributed by atoms with van der Waals surface area (Å²) in [6.07, 6.45) is -0.246. The molecule has 1 heterocycles. The van der Waals surface area contributed by atoms with Crippen molar-refractivity contribution in [2.45, 2.75) is 51.3 Å². The van der Waals surface area contributed by atoms with Gasteiger partial charge in [0.2, 0.25) is 0 Å². The van der Waals surface area contributed by atoms with E-state index in [-0.39, 0.29) is 6.10 Å². The van der Waals surface area contributed by atoms with Gasteiger partial charge in [-0.3, -0.25) is 0 Å². The third-order valence-corrected chi connectivity index (χ3v) is 5.76. The van der Waals surface area contributed by atoms with Gasteiger partial charge in [0.1, 0.15) is 5.75 Å². The summed E-state index contributed by atoms with van der Waals surface area (Å²) < 4.78 is 8.19. The summed E-state index contributed by atoms with van der Waals surface area (Å²) in [4.78, 5) is 0. The summed E-state index contributed by atoms with van der Waals surface area (Å²) in [5.41, 5.74) is 3.71. The van der Waals surface area contributed by atoms with Gasteiger partial charge in [-0.15, -0.1) is 10.2 Å². The highest BCUT2D eigenvalue weighted by Gasteiger charge is 2.20. The number of halogens is 1. The van der Waals surface area contributed by atoms with E-state index in [0.717, 1.165) is 28.8 Å². The number of aryl methyl sites for hydroxylation is 2. The molecule has 1 unspecified atom stereocenters. The molecule has 0 aliphatic rings. The lowest BCUT2D eigenvalue weighted by Crippen LogP contribution is -2.12. The van der Waals surface area contributed by atoms with E-state index in [1.807, 2.05) is 32.0 Å². The van der Waals surface area contributed by atoms with Crippen LogP contribution in [-0.4, -0.2) is 14.8 Å². The van der Waals surface area contributed by atoms with Gasteiger partial charge >= 0.3 is 0 Å².